The van der Waals surface area contributed by atoms with Crippen molar-refractivity contribution in [3.05, 3.63) is 248 Å². The van der Waals surface area contributed by atoms with Crippen molar-refractivity contribution in [2.24, 2.45) is 0 Å². The number of rotatable bonds is 6. The number of anilines is 3. The maximum absolute atomic E-state index is 2.56. The summed E-state index contributed by atoms with van der Waals surface area (Å²) < 4.78 is 4.97. The molecule has 3 heteroatoms. The van der Waals surface area contributed by atoms with Gasteiger partial charge in [-0.3, -0.25) is 0 Å². The third-order valence-electron chi connectivity index (χ3n) is 15.6. The lowest BCUT2D eigenvalue weighted by atomic mass is 9.81. The van der Waals surface area contributed by atoms with E-state index >= 15 is 0 Å². The maximum atomic E-state index is 2.56. The Morgan fingerprint density at radius 3 is 1.84 bits per heavy atom. The van der Waals surface area contributed by atoms with Crippen LogP contribution in [0.15, 0.2) is 237 Å². The molecule has 2 aromatic heterocycles. The van der Waals surface area contributed by atoms with Gasteiger partial charge in [0.15, 0.2) is 0 Å². The molecule has 1 aliphatic carbocycles. The summed E-state index contributed by atoms with van der Waals surface area (Å²) in [7, 11) is 0. The highest BCUT2D eigenvalue weighted by molar-refractivity contribution is 6.20. The van der Waals surface area contributed by atoms with Gasteiger partial charge in [-0.2, -0.15) is 0 Å². The van der Waals surface area contributed by atoms with E-state index in [0.29, 0.717) is 0 Å². The lowest BCUT2D eigenvalue weighted by Gasteiger charge is -2.27. The predicted octanol–water partition coefficient (Wildman–Crippen LogP) is 18.1. The summed E-state index contributed by atoms with van der Waals surface area (Å²) >= 11 is 0. The molecule has 3 heterocycles. The van der Waals surface area contributed by atoms with E-state index in [0.717, 1.165) is 22.7 Å². The first-order valence-corrected chi connectivity index (χ1v) is 24.4. The van der Waals surface area contributed by atoms with Crippen molar-refractivity contribution in [1.29, 1.82) is 0 Å². The van der Waals surface area contributed by atoms with E-state index in [-0.39, 0.29) is 5.41 Å². The summed E-state index contributed by atoms with van der Waals surface area (Å²) in [6, 6.07) is 87.8. The summed E-state index contributed by atoms with van der Waals surface area (Å²) in [5.41, 5.74) is 23.5. The zero-order valence-electron chi connectivity index (χ0n) is 38.9. The van der Waals surface area contributed by atoms with E-state index in [1.807, 2.05) is 0 Å². The Hall–Kier alpha value is -8.92. The van der Waals surface area contributed by atoms with Crippen LogP contribution in [0.25, 0.3) is 110 Å². The number of para-hydroxylation sites is 3. The van der Waals surface area contributed by atoms with E-state index in [1.165, 1.54) is 116 Å². The van der Waals surface area contributed by atoms with Gasteiger partial charge >= 0.3 is 0 Å². The van der Waals surface area contributed by atoms with Crippen LogP contribution in [0.3, 0.4) is 0 Å². The topological polar surface area (TPSA) is 13.1 Å². The third kappa shape index (κ3) is 5.46. The molecular formula is C67H45N3. The standard InChI is InChI=1S/C67H45N3/c1-67(2)58-24-14-23-54-52-21-10-12-26-61(52)70-62-38-30-45(39-57(62)55-36-37-59(67)65(64(54)58)66(55)70)50-22-13-17-44-29-33-48(40-56(44)50)68(47-31-27-43(28-32-47)42-15-5-3-6-16-42)49-34-35-53-51-20-9-11-25-60(51)69(63(53)41-49)46-18-7-4-8-19-46/h3-41H,1-2H3. The minimum Gasteiger partial charge on any atom is -0.310 e. The maximum Gasteiger partial charge on any atom is 0.0623 e. The van der Waals surface area contributed by atoms with Gasteiger partial charge in [0.1, 0.15) is 0 Å². The van der Waals surface area contributed by atoms with Gasteiger partial charge in [0, 0.05) is 60.8 Å². The van der Waals surface area contributed by atoms with Crippen LogP contribution in [0.2, 0.25) is 0 Å². The highest BCUT2D eigenvalue weighted by Gasteiger charge is 2.41. The molecule has 3 nitrogen and oxygen atoms in total. The summed E-state index contributed by atoms with van der Waals surface area (Å²) in [5.74, 6) is 0. The molecule has 0 saturated carbocycles. The Labute approximate surface area is 406 Å². The van der Waals surface area contributed by atoms with Crippen LogP contribution in [0.4, 0.5) is 17.1 Å². The molecule has 11 aromatic carbocycles. The highest BCUT2D eigenvalue weighted by Crippen LogP contribution is 2.58. The Morgan fingerprint density at radius 1 is 0.343 bits per heavy atom. The first kappa shape index (κ1) is 39.1. The lowest BCUT2D eigenvalue weighted by Crippen LogP contribution is -2.15. The van der Waals surface area contributed by atoms with Crippen LogP contribution >= 0.6 is 0 Å². The van der Waals surface area contributed by atoms with E-state index < -0.39 is 0 Å². The van der Waals surface area contributed by atoms with E-state index in [2.05, 4.69) is 264 Å². The number of aromatic nitrogens is 2. The average molecular weight is 892 g/mol. The largest absolute Gasteiger partial charge is 0.310 e. The fourth-order valence-electron chi connectivity index (χ4n) is 12.4. The second-order valence-corrected chi connectivity index (χ2v) is 19.7. The summed E-state index contributed by atoms with van der Waals surface area (Å²) in [6.45, 7) is 4.79. The van der Waals surface area contributed by atoms with Crippen LogP contribution in [0, 0.1) is 0 Å². The van der Waals surface area contributed by atoms with Crippen molar-refractivity contribution in [2.45, 2.75) is 19.3 Å². The number of hydrogen-bond donors (Lipinski definition) is 0. The number of hydrogen-bond acceptors (Lipinski definition) is 1. The Morgan fingerprint density at radius 2 is 0.971 bits per heavy atom. The molecule has 0 radical (unpaired) electrons. The first-order valence-electron chi connectivity index (χ1n) is 24.4. The van der Waals surface area contributed by atoms with Gasteiger partial charge in [0.25, 0.3) is 0 Å². The highest BCUT2D eigenvalue weighted by atomic mass is 15.1. The molecule has 2 aliphatic rings. The Bertz CT molecular complexity index is 4300. The van der Waals surface area contributed by atoms with Gasteiger partial charge in [0.05, 0.1) is 27.8 Å². The monoisotopic (exact) mass is 891 g/mol. The second-order valence-electron chi connectivity index (χ2n) is 19.7. The quantitative estimate of drug-likeness (QED) is 0.162. The van der Waals surface area contributed by atoms with E-state index in [1.54, 1.807) is 0 Å². The SMILES string of the molecule is CC1(C)c2cccc3c2-c2c1ccc1c4cc(-c5cccc6ccc(N(c7ccc(-c8ccccc8)cc7)c7ccc8c9ccccc9n(-c9ccccc9)c8c7)cc56)ccc4n(c21)-c1ccccc1-3. The Balaban J connectivity index is 0.936. The van der Waals surface area contributed by atoms with Gasteiger partial charge in [-0.25, -0.2) is 0 Å². The van der Waals surface area contributed by atoms with E-state index in [9.17, 15) is 0 Å². The lowest BCUT2D eigenvalue weighted by molar-refractivity contribution is 0.661. The van der Waals surface area contributed by atoms with Crippen molar-refractivity contribution in [2.75, 3.05) is 4.90 Å². The second kappa shape index (κ2) is 14.5. The fraction of sp³-hybridized carbons (Fsp3) is 0.0448. The molecule has 0 fully saturated rings. The number of fused-ring (bicyclic) bond motifs is 10. The third-order valence-corrected chi connectivity index (χ3v) is 15.6. The Kier molecular flexibility index (Phi) is 8.13. The minimum atomic E-state index is -0.0991. The molecular weight excluding hydrogens is 847 g/mol. The summed E-state index contributed by atoms with van der Waals surface area (Å²) in [4.78, 5) is 2.43. The van der Waals surface area contributed by atoms with Crippen LogP contribution in [0.5, 0.6) is 0 Å². The van der Waals surface area contributed by atoms with Gasteiger partial charge in [-0.1, -0.05) is 178 Å². The average Bonchev–Trinajstić information content (AvgIpc) is 3.98. The molecule has 0 amide bonds. The molecule has 0 atom stereocenters. The molecule has 328 valence electrons. The van der Waals surface area contributed by atoms with Gasteiger partial charge in [-0.05, 0) is 128 Å². The predicted molar refractivity (Wildman–Crippen MR) is 295 cm³/mol. The van der Waals surface area contributed by atoms with Gasteiger partial charge in [-0.15, -0.1) is 0 Å². The fourth-order valence-corrected chi connectivity index (χ4v) is 12.4. The smallest absolute Gasteiger partial charge is 0.0623 e. The zero-order valence-corrected chi connectivity index (χ0v) is 38.9. The number of nitrogens with zero attached hydrogens (tertiary/aromatic N) is 3. The van der Waals surface area contributed by atoms with E-state index in [4.69, 9.17) is 0 Å². The van der Waals surface area contributed by atoms with Crippen molar-refractivity contribution >= 4 is 71.4 Å². The molecule has 15 rings (SSSR count). The number of benzene rings is 11. The van der Waals surface area contributed by atoms with Crippen LogP contribution < -0.4 is 4.90 Å². The summed E-state index contributed by atoms with van der Waals surface area (Å²) in [5, 5.41) is 7.45. The molecule has 0 N–H and O–H groups in total. The van der Waals surface area contributed by atoms with Crippen molar-refractivity contribution in [1.82, 2.24) is 9.13 Å². The van der Waals surface area contributed by atoms with Crippen LogP contribution in [0.1, 0.15) is 25.0 Å². The molecule has 1 aliphatic heterocycles. The normalized spacial score (nSPS) is 13.1. The molecule has 0 unspecified atom stereocenters. The van der Waals surface area contributed by atoms with Gasteiger partial charge in [0.2, 0.25) is 0 Å². The molecule has 0 spiro atoms. The molecule has 70 heavy (non-hydrogen) atoms. The van der Waals surface area contributed by atoms with Crippen LogP contribution in [-0.2, 0) is 5.41 Å². The van der Waals surface area contributed by atoms with Crippen molar-refractivity contribution < 1.29 is 0 Å². The van der Waals surface area contributed by atoms with Gasteiger partial charge < -0.3 is 14.0 Å². The molecule has 13 aromatic rings. The van der Waals surface area contributed by atoms with Crippen molar-refractivity contribution in [3.63, 3.8) is 0 Å². The molecule has 0 saturated heterocycles. The zero-order chi connectivity index (χ0) is 46.2. The minimum absolute atomic E-state index is 0.0991. The van der Waals surface area contributed by atoms with Crippen molar-refractivity contribution in [3.8, 4) is 55.9 Å². The summed E-state index contributed by atoms with van der Waals surface area (Å²) in [6.07, 6.45) is 0. The van der Waals surface area contributed by atoms with Crippen LogP contribution in [-0.4, -0.2) is 9.13 Å². The first-order chi connectivity index (χ1) is 34.5. The molecule has 0 bridgehead atoms.